The number of hydrogen-bond donors (Lipinski definition) is 2. The lowest BCUT2D eigenvalue weighted by atomic mass is 9.83. The summed E-state index contributed by atoms with van der Waals surface area (Å²) >= 11 is 0. The van der Waals surface area contributed by atoms with Gasteiger partial charge in [0.1, 0.15) is 11.5 Å². The monoisotopic (exact) mass is 576 g/mol. The fraction of sp³-hybridized carbons (Fsp3) is 0.200. The van der Waals surface area contributed by atoms with Crippen LogP contribution in [0.1, 0.15) is 34.8 Å². The van der Waals surface area contributed by atoms with Crippen molar-refractivity contribution in [3.8, 4) is 17.2 Å². The molecule has 2 aliphatic heterocycles. The molecule has 0 bridgehead atoms. The second-order valence-corrected chi connectivity index (χ2v) is 10.6. The third-order valence-electron chi connectivity index (χ3n) is 8.04. The summed E-state index contributed by atoms with van der Waals surface area (Å²) in [6.45, 7) is 1.98. The molecular formula is C35H32N2O6. The SMILES string of the molecule is COc1ccc2c(c1)[C@@](O)([C@H](C)/C=C/CCO)C(=O)N2Cc1ccc(N2C(=O)c3ccccc3Oc3ccccc32)cc1. The van der Waals surface area contributed by atoms with Crippen molar-refractivity contribution in [2.24, 2.45) is 5.92 Å². The minimum atomic E-state index is -1.80. The van der Waals surface area contributed by atoms with Gasteiger partial charge in [0.25, 0.3) is 11.8 Å². The topological polar surface area (TPSA) is 99.5 Å². The van der Waals surface area contributed by atoms with Crippen molar-refractivity contribution in [1.82, 2.24) is 0 Å². The van der Waals surface area contributed by atoms with Gasteiger partial charge in [-0.2, -0.15) is 0 Å². The molecule has 2 N–H and O–H groups in total. The number of hydrogen-bond acceptors (Lipinski definition) is 6. The number of aliphatic hydroxyl groups is 2. The van der Waals surface area contributed by atoms with Crippen molar-refractivity contribution in [3.63, 3.8) is 0 Å². The predicted molar refractivity (Wildman–Crippen MR) is 164 cm³/mol. The Labute approximate surface area is 250 Å². The summed E-state index contributed by atoms with van der Waals surface area (Å²) in [5.74, 6) is 0.404. The van der Waals surface area contributed by atoms with Crippen LogP contribution in [0.4, 0.5) is 17.1 Å². The van der Waals surface area contributed by atoms with Crippen LogP contribution in [0.2, 0.25) is 0 Å². The first-order chi connectivity index (χ1) is 20.9. The molecule has 218 valence electrons. The van der Waals surface area contributed by atoms with Gasteiger partial charge >= 0.3 is 0 Å². The minimum absolute atomic E-state index is 0.0176. The summed E-state index contributed by atoms with van der Waals surface area (Å²) in [4.78, 5) is 30.9. The Kier molecular flexibility index (Phi) is 7.48. The quantitative estimate of drug-likeness (QED) is 0.246. The van der Waals surface area contributed by atoms with E-state index < -0.39 is 17.4 Å². The highest BCUT2D eigenvalue weighted by molar-refractivity contribution is 6.14. The van der Waals surface area contributed by atoms with Crippen LogP contribution in [0.25, 0.3) is 0 Å². The maximum Gasteiger partial charge on any atom is 0.266 e. The summed E-state index contributed by atoms with van der Waals surface area (Å²) < 4.78 is 11.5. The molecule has 0 fully saturated rings. The lowest BCUT2D eigenvalue weighted by Gasteiger charge is -2.28. The molecule has 0 unspecified atom stereocenters. The number of anilines is 3. The van der Waals surface area contributed by atoms with Gasteiger partial charge in [0.2, 0.25) is 0 Å². The number of rotatable bonds is 8. The maximum atomic E-state index is 13.9. The molecule has 4 aromatic carbocycles. The highest BCUT2D eigenvalue weighted by Gasteiger charge is 2.52. The highest BCUT2D eigenvalue weighted by Crippen LogP contribution is 2.47. The number of methoxy groups -OCH3 is 1. The smallest absolute Gasteiger partial charge is 0.266 e. The fourth-order valence-corrected chi connectivity index (χ4v) is 5.72. The van der Waals surface area contributed by atoms with Crippen molar-refractivity contribution in [3.05, 3.63) is 120 Å². The van der Waals surface area contributed by atoms with E-state index >= 15 is 0 Å². The Hall–Kier alpha value is -4.92. The van der Waals surface area contributed by atoms with E-state index in [2.05, 4.69) is 0 Å². The van der Waals surface area contributed by atoms with E-state index in [-0.39, 0.29) is 19.1 Å². The van der Waals surface area contributed by atoms with E-state index in [0.29, 0.717) is 51.9 Å². The van der Waals surface area contributed by atoms with Crippen molar-refractivity contribution < 1.29 is 29.3 Å². The molecule has 0 saturated heterocycles. The number of aliphatic hydroxyl groups excluding tert-OH is 1. The molecule has 2 heterocycles. The van der Waals surface area contributed by atoms with Crippen molar-refractivity contribution in [1.29, 1.82) is 0 Å². The second kappa shape index (κ2) is 11.4. The van der Waals surface area contributed by atoms with Gasteiger partial charge in [0, 0.05) is 23.8 Å². The van der Waals surface area contributed by atoms with Gasteiger partial charge in [0.05, 0.1) is 30.6 Å². The first-order valence-electron chi connectivity index (χ1n) is 14.2. The van der Waals surface area contributed by atoms with Crippen LogP contribution in [-0.2, 0) is 16.9 Å². The Morgan fingerprint density at radius 1 is 0.930 bits per heavy atom. The standard InChI is InChI=1S/C35H32N2O6/c1-23(9-7-8-20-38)35(41)28-21-26(42-2)18-19-29(28)36(34(35)40)22-24-14-16-25(17-15-24)37-30-11-4-6-13-32(30)43-31-12-5-3-10-27(31)33(37)39/h3-7,9-19,21,23,38,41H,8,20,22H2,1-2H3/b9-7+/t23-,35+/m1/s1. The van der Waals surface area contributed by atoms with E-state index in [1.165, 1.54) is 0 Å². The zero-order valence-electron chi connectivity index (χ0n) is 23.9. The third-order valence-corrected chi connectivity index (χ3v) is 8.04. The molecule has 8 heteroatoms. The second-order valence-electron chi connectivity index (χ2n) is 10.6. The number of carbonyl (C=O) groups is 2. The van der Waals surface area contributed by atoms with Crippen molar-refractivity contribution in [2.75, 3.05) is 23.5 Å². The summed E-state index contributed by atoms with van der Waals surface area (Å²) in [7, 11) is 1.54. The summed E-state index contributed by atoms with van der Waals surface area (Å²) in [5, 5.41) is 21.1. The lowest BCUT2D eigenvalue weighted by Crippen LogP contribution is -2.44. The summed E-state index contributed by atoms with van der Waals surface area (Å²) in [6, 6.07) is 27.3. The average Bonchev–Trinajstić information content (AvgIpc) is 3.16. The number of para-hydroxylation sites is 3. The molecule has 0 aromatic heterocycles. The zero-order chi connectivity index (χ0) is 30.1. The largest absolute Gasteiger partial charge is 0.497 e. The number of benzene rings is 4. The first kappa shape index (κ1) is 28.2. The zero-order valence-corrected chi connectivity index (χ0v) is 23.9. The molecule has 2 aliphatic rings. The number of ether oxygens (including phenoxy) is 2. The van der Waals surface area contributed by atoms with Gasteiger partial charge in [0.15, 0.2) is 11.4 Å². The number of amides is 2. The predicted octanol–water partition coefficient (Wildman–Crippen LogP) is 6.09. The van der Waals surface area contributed by atoms with Gasteiger partial charge in [-0.3, -0.25) is 14.5 Å². The van der Waals surface area contributed by atoms with Crippen LogP contribution in [-0.4, -0.2) is 35.7 Å². The van der Waals surface area contributed by atoms with Crippen LogP contribution in [0.15, 0.2) is 103 Å². The summed E-state index contributed by atoms with van der Waals surface area (Å²) in [5.41, 5.74) is 1.83. The van der Waals surface area contributed by atoms with E-state index in [1.54, 1.807) is 66.3 Å². The number of carbonyl (C=O) groups excluding carboxylic acids is 2. The van der Waals surface area contributed by atoms with Gasteiger partial charge in [-0.05, 0) is 66.6 Å². The lowest BCUT2D eigenvalue weighted by molar-refractivity contribution is -0.139. The van der Waals surface area contributed by atoms with Crippen LogP contribution in [0.5, 0.6) is 17.2 Å². The molecule has 6 rings (SSSR count). The van der Waals surface area contributed by atoms with Gasteiger partial charge in [-0.25, -0.2) is 0 Å². The molecule has 0 saturated carbocycles. The third kappa shape index (κ3) is 4.84. The normalized spacial score (nSPS) is 18.1. The van der Waals surface area contributed by atoms with E-state index in [0.717, 1.165) is 5.56 Å². The van der Waals surface area contributed by atoms with Gasteiger partial charge in [-0.15, -0.1) is 0 Å². The van der Waals surface area contributed by atoms with Crippen molar-refractivity contribution >= 4 is 28.9 Å². The van der Waals surface area contributed by atoms with Gasteiger partial charge < -0.3 is 24.6 Å². The molecular weight excluding hydrogens is 544 g/mol. The Morgan fingerprint density at radius 3 is 2.40 bits per heavy atom. The molecule has 8 nitrogen and oxygen atoms in total. The molecule has 2 amide bonds. The average molecular weight is 577 g/mol. The number of fused-ring (bicyclic) bond motifs is 3. The molecule has 0 spiro atoms. The van der Waals surface area contributed by atoms with E-state index in [4.69, 9.17) is 9.47 Å². The van der Waals surface area contributed by atoms with Crippen LogP contribution >= 0.6 is 0 Å². The summed E-state index contributed by atoms with van der Waals surface area (Å²) in [6.07, 6.45) is 3.95. The highest BCUT2D eigenvalue weighted by atomic mass is 16.5. The number of nitrogens with zero attached hydrogens (tertiary/aromatic N) is 2. The Balaban J connectivity index is 1.33. The van der Waals surface area contributed by atoms with Gasteiger partial charge in [-0.1, -0.05) is 55.5 Å². The van der Waals surface area contributed by atoms with E-state index in [1.807, 2.05) is 60.7 Å². The van der Waals surface area contributed by atoms with Crippen LogP contribution < -0.4 is 19.3 Å². The van der Waals surface area contributed by atoms with Crippen LogP contribution in [0.3, 0.4) is 0 Å². The maximum absolute atomic E-state index is 13.9. The molecule has 0 radical (unpaired) electrons. The molecule has 0 aliphatic carbocycles. The molecule has 4 aromatic rings. The minimum Gasteiger partial charge on any atom is -0.497 e. The molecule has 2 atom stereocenters. The van der Waals surface area contributed by atoms with Crippen LogP contribution in [0, 0.1) is 5.92 Å². The first-order valence-corrected chi connectivity index (χ1v) is 14.2. The molecule has 43 heavy (non-hydrogen) atoms. The Bertz CT molecular complexity index is 1720. The Morgan fingerprint density at radius 2 is 1.65 bits per heavy atom. The van der Waals surface area contributed by atoms with E-state index in [9.17, 15) is 19.8 Å². The fourth-order valence-electron chi connectivity index (χ4n) is 5.72. The van der Waals surface area contributed by atoms with Crippen molar-refractivity contribution in [2.45, 2.75) is 25.5 Å².